The Morgan fingerprint density at radius 2 is 2.09 bits per heavy atom. The zero-order valence-electron chi connectivity index (χ0n) is 13.0. The maximum Gasteiger partial charge on any atom is 0.254 e. The normalized spacial score (nSPS) is 12.5. The van der Waals surface area contributed by atoms with Crippen LogP contribution in [0, 0.1) is 20.8 Å². The van der Waals surface area contributed by atoms with E-state index in [0.717, 1.165) is 22.2 Å². The number of amides is 1. The van der Waals surface area contributed by atoms with Gasteiger partial charge < -0.3 is 14.8 Å². The molecule has 0 aliphatic rings. The van der Waals surface area contributed by atoms with Crippen LogP contribution in [0.2, 0.25) is 0 Å². The van der Waals surface area contributed by atoms with Crippen molar-refractivity contribution < 1.29 is 9.32 Å². The number of aromatic nitrogens is 3. The van der Waals surface area contributed by atoms with Gasteiger partial charge in [0.1, 0.15) is 6.04 Å². The predicted octanol–water partition coefficient (Wildman–Crippen LogP) is 2.97. The number of fused-ring (bicyclic) bond motifs is 1. The van der Waals surface area contributed by atoms with Crippen molar-refractivity contribution >= 4 is 16.8 Å². The van der Waals surface area contributed by atoms with E-state index in [1.807, 2.05) is 32.9 Å². The summed E-state index contributed by atoms with van der Waals surface area (Å²) in [5.74, 6) is 0.779. The van der Waals surface area contributed by atoms with E-state index >= 15 is 0 Å². The highest BCUT2D eigenvalue weighted by molar-refractivity contribution is 6.06. The van der Waals surface area contributed by atoms with E-state index in [9.17, 15) is 4.79 Å². The van der Waals surface area contributed by atoms with Crippen molar-refractivity contribution in [3.05, 3.63) is 46.7 Å². The summed E-state index contributed by atoms with van der Waals surface area (Å²) in [7, 11) is 0. The van der Waals surface area contributed by atoms with Gasteiger partial charge in [0.25, 0.3) is 5.91 Å². The van der Waals surface area contributed by atoms with Crippen molar-refractivity contribution in [3.63, 3.8) is 0 Å². The molecule has 0 aliphatic carbocycles. The fourth-order valence-corrected chi connectivity index (χ4v) is 2.50. The molecule has 0 saturated heterocycles. The number of benzene rings is 1. The fourth-order valence-electron chi connectivity index (χ4n) is 2.50. The van der Waals surface area contributed by atoms with Gasteiger partial charge in [-0.1, -0.05) is 17.3 Å². The Morgan fingerprint density at radius 1 is 1.32 bits per heavy atom. The van der Waals surface area contributed by atoms with E-state index in [-0.39, 0.29) is 11.9 Å². The average molecular weight is 298 g/mol. The largest absolute Gasteiger partial charge is 0.358 e. The summed E-state index contributed by atoms with van der Waals surface area (Å²) in [6.07, 6.45) is 0. The molecule has 6 nitrogen and oxygen atoms in total. The number of aromatic amines is 1. The first-order valence-electron chi connectivity index (χ1n) is 7.16. The lowest BCUT2D eigenvalue weighted by Gasteiger charge is -2.10. The lowest BCUT2D eigenvalue weighted by atomic mass is 10.1. The van der Waals surface area contributed by atoms with Gasteiger partial charge in [0, 0.05) is 11.1 Å². The van der Waals surface area contributed by atoms with Gasteiger partial charge in [-0.3, -0.25) is 4.79 Å². The van der Waals surface area contributed by atoms with Crippen molar-refractivity contribution in [2.75, 3.05) is 0 Å². The minimum Gasteiger partial charge on any atom is -0.358 e. The van der Waals surface area contributed by atoms with Gasteiger partial charge in [-0.05, 0) is 39.3 Å². The molecular formula is C16H18N4O2. The molecule has 2 heterocycles. The smallest absolute Gasteiger partial charge is 0.254 e. The maximum atomic E-state index is 12.5. The Kier molecular flexibility index (Phi) is 3.44. The van der Waals surface area contributed by atoms with Gasteiger partial charge in [0.2, 0.25) is 5.89 Å². The monoisotopic (exact) mass is 298 g/mol. The second kappa shape index (κ2) is 5.29. The number of para-hydroxylation sites is 1. The number of nitrogens with one attached hydrogen (secondary N) is 2. The van der Waals surface area contributed by atoms with Crippen LogP contribution in [0.1, 0.15) is 46.3 Å². The standard InChI is InChI=1S/C16H18N4O2/c1-8-9(2)17-14-12(8)6-5-7-13(14)15(21)18-10(3)16-19-11(4)20-22-16/h5-7,10,17H,1-4H3,(H,18,21)/t10-/m0/s1. The molecule has 2 N–H and O–H groups in total. The van der Waals surface area contributed by atoms with E-state index in [4.69, 9.17) is 4.52 Å². The number of H-pyrrole nitrogens is 1. The first-order chi connectivity index (χ1) is 10.5. The summed E-state index contributed by atoms with van der Waals surface area (Å²) in [5, 5.41) is 7.69. The number of aryl methyl sites for hydroxylation is 3. The molecule has 2 aromatic heterocycles. The van der Waals surface area contributed by atoms with Crippen molar-refractivity contribution in [2.45, 2.75) is 33.7 Å². The molecular weight excluding hydrogens is 280 g/mol. The summed E-state index contributed by atoms with van der Waals surface area (Å²) in [6, 6.07) is 5.36. The average Bonchev–Trinajstić information content (AvgIpc) is 3.04. The van der Waals surface area contributed by atoms with E-state index in [0.29, 0.717) is 17.3 Å². The molecule has 1 atom stereocenters. The van der Waals surface area contributed by atoms with E-state index in [1.54, 1.807) is 13.0 Å². The number of hydrogen-bond acceptors (Lipinski definition) is 4. The number of carbonyl (C=O) groups excluding carboxylic acids is 1. The Bertz CT molecular complexity index is 847. The van der Waals surface area contributed by atoms with Gasteiger partial charge in [-0.15, -0.1) is 0 Å². The highest BCUT2D eigenvalue weighted by atomic mass is 16.5. The molecule has 0 fully saturated rings. The number of carbonyl (C=O) groups is 1. The molecule has 0 radical (unpaired) electrons. The van der Waals surface area contributed by atoms with Crippen LogP contribution in [-0.4, -0.2) is 21.0 Å². The number of nitrogens with zero attached hydrogens (tertiary/aromatic N) is 2. The topological polar surface area (TPSA) is 83.8 Å². The highest BCUT2D eigenvalue weighted by Gasteiger charge is 2.19. The van der Waals surface area contributed by atoms with Crippen LogP contribution in [-0.2, 0) is 0 Å². The van der Waals surface area contributed by atoms with E-state index in [1.165, 1.54) is 0 Å². The van der Waals surface area contributed by atoms with Crippen LogP contribution in [0.3, 0.4) is 0 Å². The first-order valence-corrected chi connectivity index (χ1v) is 7.16. The van der Waals surface area contributed by atoms with Gasteiger partial charge >= 0.3 is 0 Å². The zero-order valence-corrected chi connectivity index (χ0v) is 13.0. The number of rotatable bonds is 3. The summed E-state index contributed by atoms with van der Waals surface area (Å²) < 4.78 is 5.09. The van der Waals surface area contributed by atoms with Gasteiger partial charge in [0.05, 0.1) is 11.1 Å². The fraction of sp³-hybridized carbons (Fsp3) is 0.312. The van der Waals surface area contributed by atoms with Crippen LogP contribution in [0.25, 0.3) is 10.9 Å². The summed E-state index contributed by atoms with van der Waals surface area (Å²) >= 11 is 0. The molecule has 0 unspecified atom stereocenters. The minimum absolute atomic E-state index is 0.171. The summed E-state index contributed by atoms with van der Waals surface area (Å²) in [6.45, 7) is 7.60. The molecule has 1 amide bonds. The molecule has 0 spiro atoms. The van der Waals surface area contributed by atoms with Gasteiger partial charge in [0.15, 0.2) is 5.82 Å². The van der Waals surface area contributed by atoms with Crippen LogP contribution in [0.4, 0.5) is 0 Å². The van der Waals surface area contributed by atoms with Crippen LogP contribution in [0.15, 0.2) is 22.7 Å². The van der Waals surface area contributed by atoms with Crippen molar-refractivity contribution in [3.8, 4) is 0 Å². The third kappa shape index (κ3) is 2.36. The van der Waals surface area contributed by atoms with Crippen LogP contribution >= 0.6 is 0 Å². The van der Waals surface area contributed by atoms with Crippen LogP contribution < -0.4 is 5.32 Å². The van der Waals surface area contributed by atoms with Crippen LogP contribution in [0.5, 0.6) is 0 Å². The second-order valence-electron chi connectivity index (χ2n) is 5.48. The first kappa shape index (κ1) is 14.3. The molecule has 0 saturated carbocycles. The predicted molar refractivity (Wildman–Crippen MR) is 82.7 cm³/mol. The third-order valence-electron chi connectivity index (χ3n) is 3.85. The highest BCUT2D eigenvalue weighted by Crippen LogP contribution is 2.24. The maximum absolute atomic E-state index is 12.5. The Balaban J connectivity index is 1.91. The molecule has 1 aromatic carbocycles. The van der Waals surface area contributed by atoms with Gasteiger partial charge in [-0.25, -0.2) is 0 Å². The number of hydrogen-bond donors (Lipinski definition) is 2. The van der Waals surface area contributed by atoms with Crippen molar-refractivity contribution in [2.24, 2.45) is 0 Å². The SMILES string of the molecule is Cc1noc([C@H](C)NC(=O)c2cccc3c(C)c(C)[nH]c23)n1. The van der Waals surface area contributed by atoms with E-state index in [2.05, 4.69) is 20.4 Å². The van der Waals surface area contributed by atoms with Gasteiger partial charge in [-0.2, -0.15) is 4.98 Å². The van der Waals surface area contributed by atoms with Crippen molar-refractivity contribution in [1.82, 2.24) is 20.4 Å². The summed E-state index contributed by atoms with van der Waals surface area (Å²) in [4.78, 5) is 20.0. The lowest BCUT2D eigenvalue weighted by Crippen LogP contribution is -2.27. The molecule has 114 valence electrons. The quantitative estimate of drug-likeness (QED) is 0.778. The zero-order chi connectivity index (χ0) is 15.9. The second-order valence-corrected chi connectivity index (χ2v) is 5.48. The molecule has 3 rings (SSSR count). The van der Waals surface area contributed by atoms with Crippen molar-refractivity contribution in [1.29, 1.82) is 0 Å². The molecule has 3 aromatic rings. The Morgan fingerprint density at radius 3 is 2.77 bits per heavy atom. The summed E-state index contributed by atoms with van der Waals surface area (Å²) in [5.41, 5.74) is 3.68. The third-order valence-corrected chi connectivity index (χ3v) is 3.85. The Hall–Kier alpha value is -2.63. The molecule has 0 aliphatic heterocycles. The molecule has 0 bridgehead atoms. The molecule has 6 heteroatoms. The Labute approximate surface area is 127 Å². The molecule has 22 heavy (non-hydrogen) atoms. The lowest BCUT2D eigenvalue weighted by molar-refractivity contribution is 0.0934. The minimum atomic E-state index is -0.346. The van der Waals surface area contributed by atoms with E-state index < -0.39 is 0 Å².